The van der Waals surface area contributed by atoms with Gasteiger partial charge in [0.15, 0.2) is 0 Å². The molecule has 0 atom stereocenters. The van der Waals surface area contributed by atoms with Crippen LogP contribution in [0.15, 0.2) is 0 Å². The van der Waals surface area contributed by atoms with Crippen LogP contribution in [0.3, 0.4) is 0 Å². The van der Waals surface area contributed by atoms with Crippen molar-refractivity contribution in [1.29, 1.82) is 0 Å². The van der Waals surface area contributed by atoms with Crippen molar-refractivity contribution >= 4 is 121 Å². The molecule has 0 N–H and O–H groups in total. The molecule has 0 aromatic rings. The van der Waals surface area contributed by atoms with E-state index in [0.717, 1.165) is 0 Å². The topological polar surface area (TPSA) is 304 Å². The van der Waals surface area contributed by atoms with E-state index < -0.39 is 51.6 Å². The van der Waals surface area contributed by atoms with Gasteiger partial charge in [-0.3, -0.25) is 0 Å². The average molecular weight is 534 g/mol. The molecule has 0 unspecified atom stereocenters. The second kappa shape index (κ2) is 32.8. The van der Waals surface area contributed by atoms with Crippen LogP contribution in [0, 0.1) is 0 Å². The van der Waals surface area contributed by atoms with Gasteiger partial charge in [0, 0.05) is 0 Å². The minimum Gasteiger partial charge on any atom is -0.820 e. The average Bonchev–Trinajstić information content (AvgIpc) is 2.10. The van der Waals surface area contributed by atoms with Gasteiger partial charge in [0.25, 0.3) is 0 Å². The molecule has 0 fully saturated rings. The van der Waals surface area contributed by atoms with Crippen LogP contribution >= 0.6 is 51.6 Å². The summed E-state index contributed by atoms with van der Waals surface area (Å²) < 4.78 is 9.47. The monoisotopic (exact) mass is 534 g/mol. The van der Waals surface area contributed by atoms with Crippen LogP contribution in [0.2, 0.25) is 0 Å². The summed E-state index contributed by atoms with van der Waals surface area (Å²) >= 11 is 0. The van der Waals surface area contributed by atoms with Crippen molar-refractivity contribution in [2.45, 2.75) is 0 Å². The maximum absolute atomic E-state index is 9.24. The van der Waals surface area contributed by atoms with Gasteiger partial charge in [0.2, 0.25) is 0 Å². The molecule has 25 heteroatoms. The number of rotatable bonds is 6. The van der Waals surface area contributed by atoms with E-state index in [0.29, 0.717) is 0 Å². The Morgan fingerprint density at radius 1 is 0.280 bits per heavy atom. The Kier molecular flexibility index (Phi) is 61.7. The zero-order chi connectivity index (χ0) is 17.6. The molecule has 0 amide bonds. The molecule has 0 aliphatic carbocycles. The zero-order valence-electron chi connectivity index (χ0n) is 11.1. The molecule has 0 aliphatic heterocycles. The van der Waals surface area contributed by atoms with E-state index in [1.54, 1.807) is 0 Å². The normalized spacial score (nSPS) is 9.36. The second-order valence-electron chi connectivity index (χ2n) is 1.59. The molecule has 0 radical (unpaired) electrons. The summed E-state index contributed by atoms with van der Waals surface area (Å²) in [6, 6.07) is 0. The molecular formula is Al4O15P6. The molecule has 0 aromatic carbocycles. The van der Waals surface area contributed by atoms with E-state index in [4.69, 9.17) is 0 Å². The van der Waals surface area contributed by atoms with Gasteiger partial charge in [-0.25, -0.2) is 0 Å². The molecule has 0 aliphatic rings. The largest absolute Gasteiger partial charge is 3.00 e. The SMILES string of the molecule is [Al+3].[Al+3].[Al+3].[Al+3].[O-]P([O-])OP([O-])[O-].[O-]P([O-])OP([O-])[O-].[O-]P([O-])OP([O-])[O-]. The van der Waals surface area contributed by atoms with Crippen LogP contribution in [0.5, 0.6) is 0 Å². The predicted octanol–water partition coefficient (Wildman–Crippen LogP) is -10.8. The smallest absolute Gasteiger partial charge is 0.820 e. The van der Waals surface area contributed by atoms with Crippen molar-refractivity contribution in [3.05, 3.63) is 0 Å². The molecule has 132 valence electrons. The van der Waals surface area contributed by atoms with Crippen LogP contribution in [0.1, 0.15) is 0 Å². The third-order valence-electron chi connectivity index (χ3n) is 0.400. The molecule has 0 heterocycles. The Balaban J connectivity index is -0.0000000360. The fourth-order valence-corrected chi connectivity index (χ4v) is 1.47. The predicted molar refractivity (Wildman–Crippen MR) is 67.8 cm³/mol. The summed E-state index contributed by atoms with van der Waals surface area (Å²) in [4.78, 5) is 111. The molecular weight excluding hydrogens is 534 g/mol. The van der Waals surface area contributed by atoms with Crippen LogP contribution in [0.4, 0.5) is 0 Å². The quantitative estimate of drug-likeness (QED) is 0.226. The maximum Gasteiger partial charge on any atom is 3.00 e. The van der Waals surface area contributed by atoms with Gasteiger partial charge in [-0.1, -0.05) is 0 Å². The van der Waals surface area contributed by atoms with E-state index in [9.17, 15) is 58.7 Å². The van der Waals surface area contributed by atoms with Crippen molar-refractivity contribution in [2.75, 3.05) is 0 Å². The Morgan fingerprint density at radius 3 is 0.360 bits per heavy atom. The first-order valence-corrected chi connectivity index (χ1v) is 9.86. The fourth-order valence-electron chi connectivity index (χ4n) is 0.163. The third kappa shape index (κ3) is 73.8. The third-order valence-corrected chi connectivity index (χ3v) is 3.60. The van der Waals surface area contributed by atoms with E-state index in [-0.39, 0.29) is 69.4 Å². The van der Waals surface area contributed by atoms with E-state index in [1.165, 1.54) is 0 Å². The molecule has 15 nitrogen and oxygen atoms in total. The Bertz CT molecular complexity index is 155. The number of hydrogen-bond acceptors (Lipinski definition) is 15. The van der Waals surface area contributed by atoms with Gasteiger partial charge >= 0.3 is 69.4 Å². The minimum atomic E-state index is -3.24. The van der Waals surface area contributed by atoms with Crippen molar-refractivity contribution in [1.82, 2.24) is 0 Å². The molecule has 25 heavy (non-hydrogen) atoms. The van der Waals surface area contributed by atoms with Gasteiger partial charge in [0.05, 0.1) is 0 Å². The van der Waals surface area contributed by atoms with Gasteiger partial charge in [0.1, 0.15) is 0 Å². The second-order valence-corrected chi connectivity index (χ2v) is 6.23. The first-order chi connectivity index (χ1) is 9.38. The summed E-state index contributed by atoms with van der Waals surface area (Å²) in [6.45, 7) is 0. The Hall–Kier alpha value is 4.11. The first-order valence-electron chi connectivity index (χ1n) is 3.29. The fraction of sp³-hybridized carbons (Fsp3) is 0. The number of hydrogen-bond donors (Lipinski definition) is 0. The summed E-state index contributed by atoms with van der Waals surface area (Å²) in [5.41, 5.74) is 0. The zero-order valence-corrected chi connectivity index (χ0v) is 21.1. The van der Waals surface area contributed by atoms with Gasteiger partial charge < -0.3 is 71.7 Å². The molecule has 0 aromatic heterocycles. The van der Waals surface area contributed by atoms with Crippen LogP contribution in [0.25, 0.3) is 0 Å². The van der Waals surface area contributed by atoms with Gasteiger partial charge in [-0.2, -0.15) is 51.6 Å². The van der Waals surface area contributed by atoms with E-state index in [1.807, 2.05) is 0 Å². The van der Waals surface area contributed by atoms with Crippen molar-refractivity contribution < 1.29 is 71.7 Å². The molecule has 0 rings (SSSR count). The first kappa shape index (κ1) is 47.1. The molecule has 0 saturated heterocycles. The molecule has 0 saturated carbocycles. The van der Waals surface area contributed by atoms with Crippen molar-refractivity contribution in [3.8, 4) is 0 Å². The Morgan fingerprint density at radius 2 is 0.360 bits per heavy atom. The van der Waals surface area contributed by atoms with E-state index in [2.05, 4.69) is 12.9 Å². The van der Waals surface area contributed by atoms with Gasteiger partial charge in [-0.05, 0) is 0 Å². The summed E-state index contributed by atoms with van der Waals surface area (Å²) in [6.07, 6.45) is 0. The standard InChI is InChI=1S/4Al.3O5P2/c;;;;3*1-6(2)5-7(3)4/q4*+3;3*-4. The van der Waals surface area contributed by atoms with Crippen LogP contribution in [-0.2, 0) is 12.9 Å². The molecule has 0 bridgehead atoms. The maximum atomic E-state index is 9.24. The minimum absolute atomic E-state index is 0. The van der Waals surface area contributed by atoms with Crippen LogP contribution < -0.4 is 58.7 Å². The van der Waals surface area contributed by atoms with Crippen molar-refractivity contribution in [2.24, 2.45) is 0 Å². The summed E-state index contributed by atoms with van der Waals surface area (Å²) in [7, 11) is -19.4. The van der Waals surface area contributed by atoms with E-state index >= 15 is 0 Å². The summed E-state index contributed by atoms with van der Waals surface area (Å²) in [5.74, 6) is 0. The van der Waals surface area contributed by atoms with Gasteiger partial charge in [-0.15, -0.1) is 0 Å². The Labute approximate surface area is 191 Å². The molecule has 0 spiro atoms. The van der Waals surface area contributed by atoms with Crippen LogP contribution in [-0.4, -0.2) is 69.4 Å². The van der Waals surface area contributed by atoms with Crippen molar-refractivity contribution in [3.63, 3.8) is 0 Å². The summed E-state index contributed by atoms with van der Waals surface area (Å²) in [5, 5.41) is 0.